The number of fused-ring (bicyclic) bond motifs is 1. The van der Waals surface area contributed by atoms with Gasteiger partial charge in [0.15, 0.2) is 5.82 Å². The molecule has 1 fully saturated rings. The van der Waals surface area contributed by atoms with Crippen LogP contribution in [-0.4, -0.2) is 27.6 Å². The Morgan fingerprint density at radius 1 is 1.53 bits per heavy atom. The molecule has 1 aliphatic heterocycles. The summed E-state index contributed by atoms with van der Waals surface area (Å²) in [6.07, 6.45) is 0. The van der Waals surface area contributed by atoms with E-state index in [9.17, 15) is 4.39 Å². The first-order chi connectivity index (χ1) is 8.27. The molecule has 90 valence electrons. The molecule has 0 bridgehead atoms. The fourth-order valence-electron chi connectivity index (χ4n) is 2.24. The number of hydrogen-bond donors (Lipinski definition) is 1. The van der Waals surface area contributed by atoms with Gasteiger partial charge in [0.25, 0.3) is 0 Å². The second kappa shape index (κ2) is 4.31. The summed E-state index contributed by atoms with van der Waals surface area (Å²) < 4.78 is 15.6. The molecule has 1 N–H and O–H groups in total. The molecule has 17 heavy (non-hydrogen) atoms. The van der Waals surface area contributed by atoms with E-state index in [0.717, 1.165) is 29.4 Å². The molecule has 1 unspecified atom stereocenters. The van der Waals surface area contributed by atoms with E-state index >= 15 is 0 Å². The SMILES string of the molecule is Cn1c(C2CSCCN2)nc2c(F)cccc21. The van der Waals surface area contributed by atoms with Crippen molar-refractivity contribution in [2.45, 2.75) is 6.04 Å². The Labute approximate surface area is 103 Å². The van der Waals surface area contributed by atoms with Gasteiger partial charge in [-0.25, -0.2) is 9.37 Å². The van der Waals surface area contributed by atoms with Gasteiger partial charge < -0.3 is 9.88 Å². The first-order valence-corrected chi connectivity index (χ1v) is 6.85. The highest BCUT2D eigenvalue weighted by Gasteiger charge is 2.21. The van der Waals surface area contributed by atoms with Crippen LogP contribution in [0.5, 0.6) is 0 Å². The van der Waals surface area contributed by atoms with E-state index in [1.165, 1.54) is 6.07 Å². The highest BCUT2D eigenvalue weighted by atomic mass is 32.2. The van der Waals surface area contributed by atoms with Crippen LogP contribution in [-0.2, 0) is 7.05 Å². The molecule has 1 aliphatic rings. The van der Waals surface area contributed by atoms with Crippen molar-refractivity contribution in [3.8, 4) is 0 Å². The molecule has 3 nitrogen and oxygen atoms in total. The summed E-state index contributed by atoms with van der Waals surface area (Å²) in [4.78, 5) is 4.45. The van der Waals surface area contributed by atoms with Crippen LogP contribution in [0.25, 0.3) is 11.0 Å². The van der Waals surface area contributed by atoms with E-state index in [2.05, 4.69) is 10.3 Å². The molecule has 0 aliphatic carbocycles. The van der Waals surface area contributed by atoms with E-state index in [0.29, 0.717) is 5.52 Å². The summed E-state index contributed by atoms with van der Waals surface area (Å²) in [6.45, 7) is 0.987. The molecule has 1 saturated heterocycles. The lowest BCUT2D eigenvalue weighted by molar-refractivity contribution is 0.549. The number of rotatable bonds is 1. The van der Waals surface area contributed by atoms with Gasteiger partial charge in [-0.15, -0.1) is 0 Å². The van der Waals surface area contributed by atoms with Gasteiger partial charge in [0.1, 0.15) is 11.3 Å². The van der Waals surface area contributed by atoms with Crippen molar-refractivity contribution in [2.75, 3.05) is 18.1 Å². The Morgan fingerprint density at radius 2 is 2.41 bits per heavy atom. The minimum absolute atomic E-state index is 0.227. The van der Waals surface area contributed by atoms with Crippen molar-refractivity contribution in [1.29, 1.82) is 0 Å². The normalized spacial score (nSPS) is 20.9. The van der Waals surface area contributed by atoms with Crippen molar-refractivity contribution >= 4 is 22.8 Å². The van der Waals surface area contributed by atoms with E-state index in [-0.39, 0.29) is 11.9 Å². The average molecular weight is 251 g/mol. The molecule has 1 atom stereocenters. The van der Waals surface area contributed by atoms with Gasteiger partial charge in [0.05, 0.1) is 11.6 Å². The number of benzene rings is 1. The molecule has 0 radical (unpaired) electrons. The molecular formula is C12H14FN3S. The molecule has 0 amide bonds. The second-order valence-electron chi connectivity index (χ2n) is 4.22. The first kappa shape index (κ1) is 11.0. The smallest absolute Gasteiger partial charge is 0.151 e. The number of hydrogen-bond acceptors (Lipinski definition) is 3. The van der Waals surface area contributed by atoms with E-state index < -0.39 is 0 Å². The second-order valence-corrected chi connectivity index (χ2v) is 5.37. The number of halogens is 1. The Morgan fingerprint density at radius 3 is 3.12 bits per heavy atom. The Kier molecular flexibility index (Phi) is 2.80. The van der Waals surface area contributed by atoms with Gasteiger partial charge >= 0.3 is 0 Å². The van der Waals surface area contributed by atoms with Crippen LogP contribution in [0.1, 0.15) is 11.9 Å². The molecule has 1 aromatic carbocycles. The van der Waals surface area contributed by atoms with E-state index in [1.807, 2.05) is 29.4 Å². The van der Waals surface area contributed by atoms with Gasteiger partial charge in [-0.2, -0.15) is 11.8 Å². The summed E-state index contributed by atoms with van der Waals surface area (Å²) in [5.41, 5.74) is 1.33. The summed E-state index contributed by atoms with van der Waals surface area (Å²) in [5, 5.41) is 3.43. The lowest BCUT2D eigenvalue weighted by atomic mass is 10.3. The zero-order chi connectivity index (χ0) is 11.8. The highest BCUT2D eigenvalue weighted by Crippen LogP contribution is 2.25. The number of nitrogens with one attached hydrogen (secondary N) is 1. The van der Waals surface area contributed by atoms with E-state index in [1.54, 1.807) is 6.07 Å². The maximum absolute atomic E-state index is 13.6. The fourth-order valence-corrected chi connectivity index (χ4v) is 3.17. The zero-order valence-electron chi connectivity index (χ0n) is 9.61. The van der Waals surface area contributed by atoms with Crippen molar-refractivity contribution in [3.63, 3.8) is 0 Å². The van der Waals surface area contributed by atoms with Gasteiger partial charge in [0, 0.05) is 25.1 Å². The highest BCUT2D eigenvalue weighted by molar-refractivity contribution is 7.99. The monoisotopic (exact) mass is 251 g/mol. The summed E-state index contributed by atoms with van der Waals surface area (Å²) >= 11 is 1.91. The number of nitrogens with zero attached hydrogens (tertiary/aromatic N) is 2. The molecule has 2 aromatic rings. The topological polar surface area (TPSA) is 29.9 Å². The van der Waals surface area contributed by atoms with Crippen LogP contribution in [0.3, 0.4) is 0 Å². The fraction of sp³-hybridized carbons (Fsp3) is 0.417. The standard InChI is InChI=1S/C12H14FN3S/c1-16-10-4-2-3-8(13)11(10)15-12(16)9-7-17-6-5-14-9/h2-4,9,14H,5-7H2,1H3. The lowest BCUT2D eigenvalue weighted by Crippen LogP contribution is -2.32. The van der Waals surface area contributed by atoms with Crippen molar-refractivity contribution in [2.24, 2.45) is 7.05 Å². The predicted octanol–water partition coefficient (Wildman–Crippen LogP) is 2.09. The largest absolute Gasteiger partial charge is 0.330 e. The Bertz CT molecular complexity index is 546. The van der Waals surface area contributed by atoms with Gasteiger partial charge in [-0.05, 0) is 12.1 Å². The van der Waals surface area contributed by atoms with Crippen LogP contribution < -0.4 is 5.32 Å². The third-order valence-electron chi connectivity index (χ3n) is 3.13. The Balaban J connectivity index is 2.10. The molecular weight excluding hydrogens is 237 g/mol. The van der Waals surface area contributed by atoms with Crippen molar-refractivity contribution in [1.82, 2.24) is 14.9 Å². The van der Waals surface area contributed by atoms with Gasteiger partial charge in [-0.3, -0.25) is 0 Å². The molecule has 3 rings (SSSR count). The minimum Gasteiger partial charge on any atom is -0.330 e. The molecule has 2 heterocycles. The van der Waals surface area contributed by atoms with Crippen LogP contribution in [0.15, 0.2) is 18.2 Å². The molecule has 0 saturated carbocycles. The number of aromatic nitrogens is 2. The van der Waals surface area contributed by atoms with Crippen molar-refractivity contribution in [3.05, 3.63) is 29.8 Å². The van der Waals surface area contributed by atoms with Crippen LogP contribution in [0.2, 0.25) is 0 Å². The predicted molar refractivity (Wildman–Crippen MR) is 68.7 cm³/mol. The number of para-hydroxylation sites is 1. The Hall–Kier alpha value is -1.07. The number of aryl methyl sites for hydroxylation is 1. The van der Waals surface area contributed by atoms with Crippen molar-refractivity contribution < 1.29 is 4.39 Å². The van der Waals surface area contributed by atoms with Gasteiger partial charge in [0.2, 0.25) is 0 Å². The quantitative estimate of drug-likeness (QED) is 0.841. The minimum atomic E-state index is -0.243. The third-order valence-corrected chi connectivity index (χ3v) is 4.19. The van der Waals surface area contributed by atoms with Crippen LogP contribution in [0, 0.1) is 5.82 Å². The van der Waals surface area contributed by atoms with Gasteiger partial charge in [-0.1, -0.05) is 6.07 Å². The molecule has 5 heteroatoms. The average Bonchev–Trinajstić information content (AvgIpc) is 2.70. The molecule has 1 aromatic heterocycles. The third kappa shape index (κ3) is 1.83. The summed E-state index contributed by atoms with van der Waals surface area (Å²) in [6, 6.07) is 5.32. The maximum Gasteiger partial charge on any atom is 0.151 e. The number of thioether (sulfide) groups is 1. The first-order valence-electron chi connectivity index (χ1n) is 5.69. The summed E-state index contributed by atoms with van der Waals surface area (Å²) in [5.74, 6) is 2.82. The van der Waals surface area contributed by atoms with Crippen LogP contribution >= 0.6 is 11.8 Å². The zero-order valence-corrected chi connectivity index (χ0v) is 10.4. The lowest BCUT2D eigenvalue weighted by Gasteiger charge is -2.22. The van der Waals surface area contributed by atoms with Crippen LogP contribution in [0.4, 0.5) is 4.39 Å². The van der Waals surface area contributed by atoms with E-state index in [4.69, 9.17) is 0 Å². The number of imidazole rings is 1. The molecule has 0 spiro atoms. The maximum atomic E-state index is 13.6. The summed E-state index contributed by atoms with van der Waals surface area (Å²) in [7, 11) is 1.95.